The minimum atomic E-state index is -1.07. The van der Waals surface area contributed by atoms with E-state index < -0.39 is 5.97 Å². The molecule has 21 heavy (non-hydrogen) atoms. The Morgan fingerprint density at radius 2 is 1.95 bits per heavy atom. The molecule has 0 aliphatic rings. The number of aromatic amines is 1. The van der Waals surface area contributed by atoms with Crippen molar-refractivity contribution in [1.82, 2.24) is 10.3 Å². The van der Waals surface area contributed by atoms with Crippen LogP contribution in [0.15, 0.2) is 28.7 Å². The van der Waals surface area contributed by atoms with E-state index in [2.05, 4.69) is 26.2 Å². The molecular formula is C15H15BrN2O3. The summed E-state index contributed by atoms with van der Waals surface area (Å²) in [4.78, 5) is 26.1. The zero-order valence-corrected chi connectivity index (χ0v) is 13.2. The van der Waals surface area contributed by atoms with Crippen LogP contribution in [-0.4, -0.2) is 22.0 Å². The third kappa shape index (κ3) is 3.16. The van der Waals surface area contributed by atoms with E-state index in [1.54, 1.807) is 13.8 Å². The van der Waals surface area contributed by atoms with Gasteiger partial charge in [0.1, 0.15) is 5.69 Å². The van der Waals surface area contributed by atoms with Crippen LogP contribution in [0.25, 0.3) is 0 Å². The zero-order chi connectivity index (χ0) is 15.6. The fraction of sp³-hybridized carbons (Fsp3) is 0.200. The lowest BCUT2D eigenvalue weighted by Crippen LogP contribution is -2.24. The monoisotopic (exact) mass is 350 g/mol. The number of carboxylic acid groups (broad SMARTS) is 1. The van der Waals surface area contributed by atoms with Gasteiger partial charge >= 0.3 is 5.97 Å². The number of amides is 1. The Bertz CT molecular complexity index is 707. The Kier molecular flexibility index (Phi) is 4.47. The lowest BCUT2D eigenvalue weighted by molar-refractivity contribution is 0.0690. The highest BCUT2D eigenvalue weighted by atomic mass is 79.9. The van der Waals surface area contributed by atoms with Gasteiger partial charge in [0.2, 0.25) is 0 Å². The molecule has 1 heterocycles. The summed E-state index contributed by atoms with van der Waals surface area (Å²) in [6, 6.07) is 7.59. The number of rotatable bonds is 4. The molecule has 0 saturated carbocycles. The number of hydrogen-bond acceptors (Lipinski definition) is 2. The molecule has 0 aliphatic heterocycles. The number of hydrogen-bond donors (Lipinski definition) is 3. The third-order valence-corrected chi connectivity index (χ3v) is 4.05. The summed E-state index contributed by atoms with van der Waals surface area (Å²) in [6.45, 7) is 3.68. The van der Waals surface area contributed by atoms with Gasteiger partial charge in [0.25, 0.3) is 5.91 Å². The van der Waals surface area contributed by atoms with Gasteiger partial charge in [-0.25, -0.2) is 4.79 Å². The molecule has 0 fully saturated rings. The van der Waals surface area contributed by atoms with Gasteiger partial charge in [-0.1, -0.05) is 34.1 Å². The van der Waals surface area contributed by atoms with E-state index in [0.717, 1.165) is 10.0 Å². The zero-order valence-electron chi connectivity index (χ0n) is 11.7. The lowest BCUT2D eigenvalue weighted by atomic mass is 10.1. The van der Waals surface area contributed by atoms with E-state index in [0.29, 0.717) is 23.4 Å². The molecule has 2 aromatic rings. The molecule has 1 aromatic carbocycles. The number of carboxylic acids is 1. The van der Waals surface area contributed by atoms with Gasteiger partial charge in [-0.05, 0) is 31.0 Å². The van der Waals surface area contributed by atoms with Crippen LogP contribution in [-0.2, 0) is 6.54 Å². The van der Waals surface area contributed by atoms with Crippen LogP contribution in [0, 0.1) is 13.8 Å². The van der Waals surface area contributed by atoms with Crippen LogP contribution in [0.4, 0.5) is 0 Å². The standard InChI is InChI=1S/C15H15BrN2O3/c1-8-12(9(2)18-13(8)15(20)21)14(19)17-7-10-5-3-4-6-11(10)16/h3-6,18H,7H2,1-2H3,(H,17,19)(H,20,21). The normalized spacial score (nSPS) is 10.4. The van der Waals surface area contributed by atoms with Crippen LogP contribution >= 0.6 is 15.9 Å². The molecule has 6 heteroatoms. The number of nitrogens with one attached hydrogen (secondary N) is 2. The van der Waals surface area contributed by atoms with Gasteiger partial charge in [0, 0.05) is 16.7 Å². The van der Waals surface area contributed by atoms with Crippen LogP contribution < -0.4 is 5.32 Å². The van der Waals surface area contributed by atoms with Gasteiger partial charge < -0.3 is 15.4 Å². The maximum atomic E-state index is 12.3. The Labute approximate surface area is 130 Å². The van der Waals surface area contributed by atoms with Crippen LogP contribution in [0.5, 0.6) is 0 Å². The second-order valence-electron chi connectivity index (χ2n) is 4.70. The highest BCUT2D eigenvalue weighted by molar-refractivity contribution is 9.10. The molecule has 2 rings (SSSR count). The molecule has 0 aliphatic carbocycles. The summed E-state index contributed by atoms with van der Waals surface area (Å²) >= 11 is 3.42. The lowest BCUT2D eigenvalue weighted by Gasteiger charge is -2.07. The Hall–Kier alpha value is -2.08. The van der Waals surface area contributed by atoms with Crippen molar-refractivity contribution in [3.05, 3.63) is 56.8 Å². The minimum Gasteiger partial charge on any atom is -0.477 e. The third-order valence-electron chi connectivity index (χ3n) is 3.28. The summed E-state index contributed by atoms with van der Waals surface area (Å²) < 4.78 is 0.916. The van der Waals surface area contributed by atoms with E-state index in [4.69, 9.17) is 5.11 Å². The van der Waals surface area contributed by atoms with Crippen molar-refractivity contribution in [2.24, 2.45) is 0 Å². The van der Waals surface area contributed by atoms with Gasteiger partial charge in [0.15, 0.2) is 0 Å². The molecule has 0 unspecified atom stereocenters. The van der Waals surface area contributed by atoms with E-state index in [-0.39, 0.29) is 11.6 Å². The molecule has 110 valence electrons. The minimum absolute atomic E-state index is 0.0542. The number of benzene rings is 1. The van der Waals surface area contributed by atoms with Crippen molar-refractivity contribution in [3.63, 3.8) is 0 Å². The summed E-state index contributed by atoms with van der Waals surface area (Å²) in [7, 11) is 0. The van der Waals surface area contributed by atoms with Crippen LogP contribution in [0.1, 0.15) is 37.7 Å². The van der Waals surface area contributed by atoms with Crippen molar-refractivity contribution in [3.8, 4) is 0 Å². The van der Waals surface area contributed by atoms with Crippen molar-refractivity contribution in [2.45, 2.75) is 20.4 Å². The van der Waals surface area contributed by atoms with Gasteiger partial charge in [-0.2, -0.15) is 0 Å². The second-order valence-corrected chi connectivity index (χ2v) is 5.56. The number of aryl methyl sites for hydroxylation is 1. The number of H-pyrrole nitrogens is 1. The fourth-order valence-electron chi connectivity index (χ4n) is 2.21. The molecule has 1 aromatic heterocycles. The highest BCUT2D eigenvalue weighted by Gasteiger charge is 2.21. The molecule has 0 saturated heterocycles. The van der Waals surface area contributed by atoms with Crippen molar-refractivity contribution in [2.75, 3.05) is 0 Å². The first-order chi connectivity index (χ1) is 9.91. The first-order valence-corrected chi connectivity index (χ1v) is 7.15. The summed E-state index contributed by atoms with van der Waals surface area (Å²) in [5.74, 6) is -1.36. The summed E-state index contributed by atoms with van der Waals surface area (Å²) in [5, 5.41) is 11.9. The average Bonchev–Trinajstić information content (AvgIpc) is 2.73. The quantitative estimate of drug-likeness (QED) is 0.792. The molecule has 0 spiro atoms. The van der Waals surface area contributed by atoms with E-state index in [1.165, 1.54) is 0 Å². The average molecular weight is 351 g/mol. The van der Waals surface area contributed by atoms with Crippen molar-refractivity contribution in [1.29, 1.82) is 0 Å². The SMILES string of the molecule is Cc1[nH]c(C(=O)O)c(C)c1C(=O)NCc1ccccc1Br. The molecule has 0 radical (unpaired) electrons. The topological polar surface area (TPSA) is 82.2 Å². The summed E-state index contributed by atoms with van der Waals surface area (Å²) in [5.41, 5.74) is 2.40. The largest absolute Gasteiger partial charge is 0.477 e. The van der Waals surface area contributed by atoms with Crippen molar-refractivity contribution >= 4 is 27.8 Å². The molecule has 5 nitrogen and oxygen atoms in total. The Balaban J connectivity index is 2.18. The first kappa shape index (κ1) is 15.3. The molecule has 0 atom stereocenters. The fourth-order valence-corrected chi connectivity index (χ4v) is 2.64. The number of carbonyl (C=O) groups excluding carboxylic acids is 1. The van der Waals surface area contributed by atoms with Crippen LogP contribution in [0.2, 0.25) is 0 Å². The molecule has 0 bridgehead atoms. The van der Waals surface area contributed by atoms with Gasteiger partial charge in [0.05, 0.1) is 5.56 Å². The summed E-state index contributed by atoms with van der Waals surface area (Å²) in [6.07, 6.45) is 0. The van der Waals surface area contributed by atoms with Crippen molar-refractivity contribution < 1.29 is 14.7 Å². The van der Waals surface area contributed by atoms with Crippen LogP contribution in [0.3, 0.4) is 0 Å². The number of aromatic nitrogens is 1. The predicted molar refractivity (Wildman–Crippen MR) is 82.5 cm³/mol. The first-order valence-electron chi connectivity index (χ1n) is 6.36. The number of carbonyl (C=O) groups is 2. The van der Waals surface area contributed by atoms with Gasteiger partial charge in [-0.3, -0.25) is 4.79 Å². The number of halogens is 1. The molecule has 3 N–H and O–H groups in total. The smallest absolute Gasteiger partial charge is 0.352 e. The van der Waals surface area contributed by atoms with Gasteiger partial charge in [-0.15, -0.1) is 0 Å². The van der Waals surface area contributed by atoms with E-state index in [9.17, 15) is 9.59 Å². The highest BCUT2D eigenvalue weighted by Crippen LogP contribution is 2.19. The predicted octanol–water partition coefficient (Wildman–Crippen LogP) is 3.02. The maximum Gasteiger partial charge on any atom is 0.352 e. The molecule has 1 amide bonds. The molecular weight excluding hydrogens is 336 g/mol. The van der Waals surface area contributed by atoms with E-state index in [1.807, 2.05) is 24.3 Å². The van der Waals surface area contributed by atoms with E-state index >= 15 is 0 Å². The Morgan fingerprint density at radius 1 is 1.29 bits per heavy atom. The number of aromatic carboxylic acids is 1. The maximum absolute atomic E-state index is 12.3. The Morgan fingerprint density at radius 3 is 2.52 bits per heavy atom. The second kappa shape index (κ2) is 6.13.